The second-order valence-corrected chi connectivity index (χ2v) is 6.78. The molecule has 0 aliphatic carbocycles. The van der Waals surface area contributed by atoms with E-state index in [2.05, 4.69) is 31.8 Å². The van der Waals surface area contributed by atoms with Crippen LogP contribution in [0.5, 0.6) is 5.75 Å². The van der Waals surface area contributed by atoms with Gasteiger partial charge in [-0.3, -0.25) is 4.79 Å². The van der Waals surface area contributed by atoms with Crippen LogP contribution in [0.4, 0.5) is 5.69 Å². The molecule has 0 saturated heterocycles. The van der Waals surface area contributed by atoms with Crippen LogP contribution in [0.3, 0.4) is 0 Å². The number of hydrazone groups is 1. The van der Waals surface area contributed by atoms with Crippen molar-refractivity contribution in [1.82, 2.24) is 5.43 Å². The van der Waals surface area contributed by atoms with Crippen molar-refractivity contribution in [3.63, 3.8) is 0 Å². The summed E-state index contributed by atoms with van der Waals surface area (Å²) in [6.45, 7) is 0.0408. The first-order valence-electron chi connectivity index (χ1n) is 7.76. The zero-order valence-electron chi connectivity index (χ0n) is 13.5. The van der Waals surface area contributed by atoms with E-state index in [-0.39, 0.29) is 18.2 Å². The lowest BCUT2D eigenvalue weighted by Gasteiger charge is -2.08. The highest BCUT2D eigenvalue weighted by Crippen LogP contribution is 2.26. The maximum absolute atomic E-state index is 11.9. The number of anilines is 1. The van der Waals surface area contributed by atoms with Crippen LogP contribution in [-0.2, 0) is 4.79 Å². The molecule has 0 radical (unpaired) electrons. The van der Waals surface area contributed by atoms with Crippen LogP contribution in [-0.4, -0.2) is 23.8 Å². The van der Waals surface area contributed by atoms with Crippen LogP contribution >= 0.6 is 27.5 Å². The summed E-state index contributed by atoms with van der Waals surface area (Å²) >= 11 is 9.26. The highest BCUT2D eigenvalue weighted by atomic mass is 79.9. The van der Waals surface area contributed by atoms with Crippen LogP contribution in [0.15, 0.2) is 64.2 Å². The molecule has 0 saturated carbocycles. The third-order valence-corrected chi connectivity index (χ3v) is 4.59. The van der Waals surface area contributed by atoms with E-state index in [1.165, 1.54) is 6.21 Å². The van der Waals surface area contributed by atoms with Crippen molar-refractivity contribution in [3.05, 3.63) is 69.7 Å². The van der Waals surface area contributed by atoms with Crippen LogP contribution < -0.4 is 10.7 Å². The van der Waals surface area contributed by atoms with E-state index in [1.54, 1.807) is 24.3 Å². The van der Waals surface area contributed by atoms with Gasteiger partial charge in [0.15, 0.2) is 0 Å². The van der Waals surface area contributed by atoms with Gasteiger partial charge in [0, 0.05) is 20.7 Å². The summed E-state index contributed by atoms with van der Waals surface area (Å²) in [5.74, 6) is -0.215. The van der Waals surface area contributed by atoms with Gasteiger partial charge in [0.2, 0.25) is 0 Å². The number of phenols is 1. The minimum Gasteiger partial charge on any atom is -0.507 e. The molecule has 0 aliphatic heterocycles. The second kappa shape index (κ2) is 8.21. The third-order valence-electron chi connectivity index (χ3n) is 3.70. The SMILES string of the molecule is O=C(CNc1ccc(Cl)cc1Br)N/N=C/c1c(O)ccc2ccccc12. The van der Waals surface area contributed by atoms with Crippen molar-refractivity contribution in [3.8, 4) is 5.75 Å². The number of phenolic OH excluding ortho intramolecular Hbond substituents is 1. The lowest BCUT2D eigenvalue weighted by atomic mass is 10.0. The van der Waals surface area contributed by atoms with Gasteiger partial charge in [-0.1, -0.05) is 41.9 Å². The predicted octanol–water partition coefficient (Wildman–Crippen LogP) is 4.52. The van der Waals surface area contributed by atoms with Gasteiger partial charge < -0.3 is 10.4 Å². The molecule has 5 nitrogen and oxygen atoms in total. The molecule has 0 bridgehead atoms. The molecule has 3 aromatic carbocycles. The van der Waals surface area contributed by atoms with Crippen molar-refractivity contribution < 1.29 is 9.90 Å². The Morgan fingerprint density at radius 3 is 2.81 bits per heavy atom. The van der Waals surface area contributed by atoms with Crippen molar-refractivity contribution in [2.45, 2.75) is 0 Å². The fourth-order valence-electron chi connectivity index (χ4n) is 2.44. The molecule has 7 heteroatoms. The summed E-state index contributed by atoms with van der Waals surface area (Å²) in [4.78, 5) is 11.9. The molecule has 0 aromatic heterocycles. The Bertz CT molecular complexity index is 992. The minimum absolute atomic E-state index is 0.0408. The zero-order valence-corrected chi connectivity index (χ0v) is 15.9. The maximum Gasteiger partial charge on any atom is 0.259 e. The van der Waals surface area contributed by atoms with Gasteiger partial charge in [0.05, 0.1) is 12.8 Å². The van der Waals surface area contributed by atoms with Crippen molar-refractivity contribution in [2.75, 3.05) is 11.9 Å². The summed E-state index contributed by atoms with van der Waals surface area (Å²) < 4.78 is 0.766. The molecule has 3 N–H and O–H groups in total. The Kier molecular flexibility index (Phi) is 5.75. The number of aromatic hydroxyl groups is 1. The van der Waals surface area contributed by atoms with Crippen molar-refractivity contribution >= 4 is 56.1 Å². The summed E-state index contributed by atoms with van der Waals surface area (Å²) in [5.41, 5.74) is 3.74. The molecule has 1 amide bonds. The predicted molar refractivity (Wildman–Crippen MR) is 109 cm³/mol. The van der Waals surface area contributed by atoms with Gasteiger partial charge in [-0.15, -0.1) is 0 Å². The minimum atomic E-state index is -0.317. The lowest BCUT2D eigenvalue weighted by Crippen LogP contribution is -2.26. The Morgan fingerprint density at radius 2 is 2.00 bits per heavy atom. The summed E-state index contributed by atoms with van der Waals surface area (Å²) in [6, 6.07) is 16.3. The van der Waals surface area contributed by atoms with Gasteiger partial charge in [0.25, 0.3) is 5.91 Å². The van der Waals surface area contributed by atoms with Crippen LogP contribution in [0.1, 0.15) is 5.56 Å². The average Bonchev–Trinajstić information content (AvgIpc) is 2.63. The van der Waals surface area contributed by atoms with E-state index >= 15 is 0 Å². The quantitative estimate of drug-likeness (QED) is 0.410. The van der Waals surface area contributed by atoms with Gasteiger partial charge in [0.1, 0.15) is 5.75 Å². The first kappa shape index (κ1) is 18.2. The van der Waals surface area contributed by atoms with Crippen LogP contribution in [0.25, 0.3) is 10.8 Å². The summed E-state index contributed by atoms with van der Waals surface area (Å²) in [5, 5.41) is 19.4. The number of carbonyl (C=O) groups is 1. The molecule has 0 aliphatic rings. The highest BCUT2D eigenvalue weighted by molar-refractivity contribution is 9.10. The number of hydrogen-bond donors (Lipinski definition) is 3. The second-order valence-electron chi connectivity index (χ2n) is 5.49. The van der Waals surface area contributed by atoms with Crippen LogP contribution in [0, 0.1) is 0 Å². The smallest absolute Gasteiger partial charge is 0.259 e. The first-order chi connectivity index (χ1) is 12.5. The molecule has 3 aromatic rings. The van der Waals surface area contributed by atoms with Crippen LogP contribution in [0.2, 0.25) is 5.02 Å². The molecule has 26 heavy (non-hydrogen) atoms. The monoisotopic (exact) mass is 431 g/mol. The Balaban J connectivity index is 1.64. The Hall–Kier alpha value is -2.57. The van der Waals surface area contributed by atoms with Crippen molar-refractivity contribution in [1.29, 1.82) is 0 Å². The van der Waals surface area contributed by atoms with Gasteiger partial charge >= 0.3 is 0 Å². The zero-order chi connectivity index (χ0) is 18.5. The van der Waals surface area contributed by atoms with E-state index in [4.69, 9.17) is 11.6 Å². The van der Waals surface area contributed by atoms with E-state index in [0.717, 1.165) is 20.9 Å². The summed E-state index contributed by atoms with van der Waals surface area (Å²) in [6.07, 6.45) is 1.44. The number of carbonyl (C=O) groups excluding carboxylic acids is 1. The Morgan fingerprint density at radius 1 is 1.19 bits per heavy atom. The number of nitrogens with zero attached hydrogens (tertiary/aromatic N) is 1. The van der Waals surface area contributed by atoms with Gasteiger partial charge in [-0.25, -0.2) is 5.43 Å². The molecular formula is C19H15BrClN3O2. The molecule has 0 unspecified atom stereocenters. The van der Waals surface area contributed by atoms with E-state index < -0.39 is 0 Å². The van der Waals surface area contributed by atoms with E-state index in [1.807, 2.05) is 30.3 Å². The molecule has 3 rings (SSSR count). The third kappa shape index (κ3) is 4.33. The molecule has 0 heterocycles. The molecule has 0 spiro atoms. The van der Waals surface area contributed by atoms with Crippen molar-refractivity contribution in [2.24, 2.45) is 5.10 Å². The number of benzene rings is 3. The van der Waals surface area contributed by atoms with Gasteiger partial charge in [-0.2, -0.15) is 5.10 Å². The van der Waals surface area contributed by atoms with E-state index in [0.29, 0.717) is 10.6 Å². The average molecular weight is 433 g/mol. The number of rotatable bonds is 5. The maximum atomic E-state index is 11.9. The lowest BCUT2D eigenvalue weighted by molar-refractivity contribution is -0.119. The highest BCUT2D eigenvalue weighted by Gasteiger charge is 2.06. The molecule has 0 fully saturated rings. The number of hydrogen-bond acceptors (Lipinski definition) is 4. The fourth-order valence-corrected chi connectivity index (χ4v) is 3.26. The Labute approximate surface area is 163 Å². The summed E-state index contributed by atoms with van der Waals surface area (Å²) in [7, 11) is 0. The standard InChI is InChI=1S/C19H15BrClN3O2/c20-16-9-13(21)6-7-17(16)22-11-19(26)24-23-10-15-14-4-2-1-3-12(14)5-8-18(15)25/h1-10,22,25H,11H2,(H,24,26)/b23-10+. The molecular weight excluding hydrogens is 418 g/mol. The normalized spacial score (nSPS) is 11.0. The van der Waals surface area contributed by atoms with E-state index in [9.17, 15) is 9.90 Å². The van der Waals surface area contributed by atoms with Gasteiger partial charge in [-0.05, 0) is 51.0 Å². The number of nitrogens with one attached hydrogen (secondary N) is 2. The largest absolute Gasteiger partial charge is 0.507 e. The number of amides is 1. The fraction of sp³-hybridized carbons (Fsp3) is 0.0526. The number of halogens is 2. The number of fused-ring (bicyclic) bond motifs is 1. The molecule has 0 atom stereocenters. The molecule has 132 valence electrons. The first-order valence-corrected chi connectivity index (χ1v) is 8.93. The topological polar surface area (TPSA) is 73.7 Å².